The molecule has 0 spiro atoms. The smallest absolute Gasteiger partial charge is 0.293 e. The number of anilines is 1. The quantitative estimate of drug-likeness (QED) is 0.597. The maximum absolute atomic E-state index is 12.2. The normalized spacial score (nSPS) is 15.3. The van der Waals surface area contributed by atoms with Gasteiger partial charge in [0.1, 0.15) is 5.69 Å². The molecule has 6 nitrogen and oxygen atoms in total. The molecule has 1 amide bonds. The standard InChI is InChI=1S/C15H21N3O3/c1-3-12(8-10-4-5-10)17-15(19)11-6-7-13(16-2)14(9-11)18(20)21/h6-7,9-10,12,16H,3-5,8H2,1-2H3,(H,17,19). The highest BCUT2D eigenvalue weighted by molar-refractivity contribution is 5.95. The van der Waals surface area contributed by atoms with Gasteiger partial charge in [-0.25, -0.2) is 0 Å². The van der Waals surface area contributed by atoms with Crippen molar-refractivity contribution in [3.8, 4) is 0 Å². The van der Waals surface area contributed by atoms with Crippen LogP contribution in [0.25, 0.3) is 0 Å². The Kier molecular flexibility index (Phi) is 4.77. The van der Waals surface area contributed by atoms with Crippen molar-refractivity contribution in [2.24, 2.45) is 5.92 Å². The van der Waals surface area contributed by atoms with Crippen molar-refractivity contribution >= 4 is 17.3 Å². The Labute approximate surface area is 124 Å². The van der Waals surface area contributed by atoms with Gasteiger partial charge in [0.15, 0.2) is 0 Å². The molecule has 0 aliphatic heterocycles. The second kappa shape index (κ2) is 6.56. The molecule has 0 heterocycles. The first-order valence-corrected chi connectivity index (χ1v) is 7.32. The lowest BCUT2D eigenvalue weighted by molar-refractivity contribution is -0.384. The zero-order valence-corrected chi connectivity index (χ0v) is 12.4. The summed E-state index contributed by atoms with van der Waals surface area (Å²) in [6.45, 7) is 2.04. The van der Waals surface area contributed by atoms with Crippen molar-refractivity contribution in [3.05, 3.63) is 33.9 Å². The molecule has 2 N–H and O–H groups in total. The van der Waals surface area contributed by atoms with E-state index in [9.17, 15) is 14.9 Å². The lowest BCUT2D eigenvalue weighted by Gasteiger charge is -2.16. The van der Waals surface area contributed by atoms with Crippen LogP contribution in [0.15, 0.2) is 18.2 Å². The number of benzene rings is 1. The number of amides is 1. The van der Waals surface area contributed by atoms with Crippen LogP contribution in [0, 0.1) is 16.0 Å². The number of rotatable bonds is 7. The van der Waals surface area contributed by atoms with Gasteiger partial charge in [-0.2, -0.15) is 0 Å². The van der Waals surface area contributed by atoms with Gasteiger partial charge in [0, 0.05) is 24.7 Å². The molecule has 0 bridgehead atoms. The van der Waals surface area contributed by atoms with Gasteiger partial charge >= 0.3 is 0 Å². The van der Waals surface area contributed by atoms with Crippen LogP contribution in [0.4, 0.5) is 11.4 Å². The highest BCUT2D eigenvalue weighted by Crippen LogP contribution is 2.34. The molecule has 21 heavy (non-hydrogen) atoms. The Morgan fingerprint density at radius 1 is 1.48 bits per heavy atom. The van der Waals surface area contributed by atoms with Crippen molar-refractivity contribution in [2.45, 2.75) is 38.6 Å². The maximum Gasteiger partial charge on any atom is 0.293 e. The second-order valence-corrected chi connectivity index (χ2v) is 5.50. The Balaban J connectivity index is 2.10. The Hall–Kier alpha value is -2.11. The Bertz CT molecular complexity index is 541. The van der Waals surface area contributed by atoms with Gasteiger partial charge in [-0.1, -0.05) is 19.8 Å². The summed E-state index contributed by atoms with van der Waals surface area (Å²) < 4.78 is 0. The van der Waals surface area contributed by atoms with E-state index >= 15 is 0 Å². The van der Waals surface area contributed by atoms with E-state index < -0.39 is 4.92 Å². The summed E-state index contributed by atoms with van der Waals surface area (Å²) in [6.07, 6.45) is 4.36. The number of carbonyl (C=O) groups is 1. The summed E-state index contributed by atoms with van der Waals surface area (Å²) in [4.78, 5) is 22.8. The van der Waals surface area contributed by atoms with Gasteiger partial charge < -0.3 is 10.6 Å². The largest absolute Gasteiger partial charge is 0.383 e. The van der Waals surface area contributed by atoms with E-state index in [0.717, 1.165) is 18.8 Å². The average Bonchev–Trinajstić information content (AvgIpc) is 3.29. The predicted octanol–water partition coefficient (Wildman–Crippen LogP) is 2.95. The number of nitrogens with one attached hydrogen (secondary N) is 2. The molecule has 1 aliphatic rings. The van der Waals surface area contributed by atoms with Crippen molar-refractivity contribution in [2.75, 3.05) is 12.4 Å². The molecule has 2 rings (SSSR count). The molecule has 0 radical (unpaired) electrons. The van der Waals surface area contributed by atoms with Gasteiger partial charge in [0.25, 0.3) is 11.6 Å². The van der Waals surface area contributed by atoms with Crippen LogP contribution in [0.2, 0.25) is 0 Å². The van der Waals surface area contributed by atoms with Gasteiger partial charge in [0.2, 0.25) is 0 Å². The van der Waals surface area contributed by atoms with Gasteiger partial charge in [0.05, 0.1) is 4.92 Å². The minimum atomic E-state index is -0.482. The third kappa shape index (κ3) is 3.93. The average molecular weight is 291 g/mol. The molecule has 0 saturated heterocycles. The number of nitro benzene ring substituents is 1. The first-order chi connectivity index (χ1) is 10.0. The van der Waals surface area contributed by atoms with Crippen LogP contribution in [-0.2, 0) is 0 Å². The summed E-state index contributed by atoms with van der Waals surface area (Å²) in [5, 5.41) is 16.8. The molecule has 1 aromatic rings. The maximum atomic E-state index is 12.2. The molecule has 1 fully saturated rings. The summed E-state index contributed by atoms with van der Waals surface area (Å²) >= 11 is 0. The van der Waals surface area contributed by atoms with E-state index in [0.29, 0.717) is 11.3 Å². The molecule has 114 valence electrons. The molecular weight excluding hydrogens is 270 g/mol. The number of hydrogen-bond acceptors (Lipinski definition) is 4. The van der Waals surface area contributed by atoms with E-state index in [-0.39, 0.29) is 17.6 Å². The van der Waals surface area contributed by atoms with Crippen molar-refractivity contribution in [1.82, 2.24) is 5.32 Å². The van der Waals surface area contributed by atoms with Crippen LogP contribution in [0.1, 0.15) is 43.0 Å². The van der Waals surface area contributed by atoms with Crippen LogP contribution >= 0.6 is 0 Å². The fourth-order valence-electron chi connectivity index (χ4n) is 2.39. The summed E-state index contributed by atoms with van der Waals surface area (Å²) in [7, 11) is 1.62. The number of hydrogen-bond donors (Lipinski definition) is 2. The molecule has 1 aliphatic carbocycles. The van der Waals surface area contributed by atoms with Gasteiger partial charge in [-0.15, -0.1) is 0 Å². The number of carbonyl (C=O) groups excluding carboxylic acids is 1. The number of nitro groups is 1. The lowest BCUT2D eigenvalue weighted by Crippen LogP contribution is -2.34. The van der Waals surface area contributed by atoms with E-state index in [4.69, 9.17) is 0 Å². The molecule has 1 saturated carbocycles. The summed E-state index contributed by atoms with van der Waals surface area (Å²) in [6, 6.07) is 4.64. The van der Waals surface area contributed by atoms with Crippen LogP contribution in [-0.4, -0.2) is 23.9 Å². The highest BCUT2D eigenvalue weighted by Gasteiger charge is 2.26. The summed E-state index contributed by atoms with van der Waals surface area (Å²) in [5.41, 5.74) is 0.650. The molecule has 1 aromatic carbocycles. The third-order valence-electron chi connectivity index (χ3n) is 3.87. The molecule has 0 aromatic heterocycles. The minimum absolute atomic E-state index is 0.0830. The highest BCUT2D eigenvalue weighted by atomic mass is 16.6. The van der Waals surface area contributed by atoms with E-state index in [1.165, 1.54) is 18.9 Å². The topological polar surface area (TPSA) is 84.3 Å². The predicted molar refractivity (Wildman–Crippen MR) is 81.5 cm³/mol. The molecular formula is C15H21N3O3. The van der Waals surface area contributed by atoms with Crippen molar-refractivity contribution in [3.63, 3.8) is 0 Å². The van der Waals surface area contributed by atoms with E-state index in [1.807, 2.05) is 6.92 Å². The van der Waals surface area contributed by atoms with Crippen molar-refractivity contribution < 1.29 is 9.72 Å². The first kappa shape index (κ1) is 15.3. The monoisotopic (exact) mass is 291 g/mol. The Morgan fingerprint density at radius 3 is 2.71 bits per heavy atom. The fraction of sp³-hybridized carbons (Fsp3) is 0.533. The fourth-order valence-corrected chi connectivity index (χ4v) is 2.39. The zero-order valence-electron chi connectivity index (χ0n) is 12.4. The Morgan fingerprint density at radius 2 is 2.19 bits per heavy atom. The molecule has 1 unspecified atom stereocenters. The SMILES string of the molecule is CCC(CC1CC1)NC(=O)c1ccc(NC)c([N+](=O)[O-])c1. The van der Waals surface area contributed by atoms with Crippen LogP contribution in [0.3, 0.4) is 0 Å². The first-order valence-electron chi connectivity index (χ1n) is 7.32. The second-order valence-electron chi connectivity index (χ2n) is 5.50. The lowest BCUT2D eigenvalue weighted by atomic mass is 10.1. The summed E-state index contributed by atoms with van der Waals surface area (Å²) in [5.74, 6) is 0.490. The van der Waals surface area contributed by atoms with E-state index in [1.54, 1.807) is 19.2 Å². The van der Waals surface area contributed by atoms with E-state index in [2.05, 4.69) is 10.6 Å². The number of nitrogens with zero attached hydrogens (tertiary/aromatic N) is 1. The van der Waals surface area contributed by atoms with Crippen LogP contribution in [0.5, 0.6) is 0 Å². The van der Waals surface area contributed by atoms with Gasteiger partial charge in [-0.05, 0) is 30.9 Å². The van der Waals surface area contributed by atoms with Crippen molar-refractivity contribution in [1.29, 1.82) is 0 Å². The molecule has 6 heteroatoms. The third-order valence-corrected chi connectivity index (χ3v) is 3.87. The van der Waals surface area contributed by atoms with Gasteiger partial charge in [-0.3, -0.25) is 14.9 Å². The zero-order chi connectivity index (χ0) is 15.4. The minimum Gasteiger partial charge on any atom is -0.383 e. The molecule has 1 atom stereocenters. The van der Waals surface area contributed by atoms with Crippen LogP contribution < -0.4 is 10.6 Å².